The van der Waals surface area contributed by atoms with E-state index in [4.69, 9.17) is 0 Å². The number of aryl methyl sites for hydroxylation is 1. The van der Waals surface area contributed by atoms with E-state index < -0.39 is 23.3 Å². The molecule has 0 aliphatic carbocycles. The summed E-state index contributed by atoms with van der Waals surface area (Å²) in [7, 11) is 0. The van der Waals surface area contributed by atoms with Crippen molar-refractivity contribution in [3.05, 3.63) is 64.5 Å². The highest BCUT2D eigenvalue weighted by Gasteiger charge is 2.40. The standard InChI is InChI=1S/C22H24F3N3/c1-12-8-16(23)18(17(24)9-12)20-19-15(14-6-5-7-26-21(14)27-19)10-13(2)28(20)11-22(3,4)25/h5-9,13,20H,10-11H2,1-4H3,(H,26,27). The first-order chi connectivity index (χ1) is 13.2. The van der Waals surface area contributed by atoms with Crippen LogP contribution in [0.15, 0.2) is 30.5 Å². The van der Waals surface area contributed by atoms with Gasteiger partial charge in [-0.05, 0) is 69.5 Å². The van der Waals surface area contributed by atoms with Gasteiger partial charge in [0.2, 0.25) is 0 Å². The fraction of sp³-hybridized carbons (Fsp3) is 0.409. The summed E-state index contributed by atoms with van der Waals surface area (Å²) in [6.45, 7) is 6.66. The zero-order chi connectivity index (χ0) is 20.2. The van der Waals surface area contributed by atoms with E-state index in [-0.39, 0.29) is 18.2 Å². The Bertz CT molecular complexity index is 1010. The zero-order valence-corrected chi connectivity index (χ0v) is 16.5. The van der Waals surface area contributed by atoms with Crippen molar-refractivity contribution in [3.63, 3.8) is 0 Å². The van der Waals surface area contributed by atoms with Gasteiger partial charge < -0.3 is 4.98 Å². The predicted molar refractivity (Wildman–Crippen MR) is 104 cm³/mol. The molecule has 28 heavy (non-hydrogen) atoms. The van der Waals surface area contributed by atoms with Gasteiger partial charge in [-0.2, -0.15) is 0 Å². The topological polar surface area (TPSA) is 31.9 Å². The number of pyridine rings is 1. The molecule has 3 nitrogen and oxygen atoms in total. The fourth-order valence-electron chi connectivity index (χ4n) is 4.35. The third-order valence-electron chi connectivity index (χ3n) is 5.44. The highest BCUT2D eigenvalue weighted by atomic mass is 19.1. The molecule has 0 spiro atoms. The fourth-order valence-corrected chi connectivity index (χ4v) is 4.35. The Morgan fingerprint density at radius 3 is 2.57 bits per heavy atom. The lowest BCUT2D eigenvalue weighted by atomic mass is 9.87. The summed E-state index contributed by atoms with van der Waals surface area (Å²) >= 11 is 0. The smallest absolute Gasteiger partial charge is 0.137 e. The van der Waals surface area contributed by atoms with Gasteiger partial charge in [-0.1, -0.05) is 0 Å². The number of aromatic nitrogens is 2. The molecular weight excluding hydrogens is 363 g/mol. The van der Waals surface area contributed by atoms with Crippen LogP contribution in [0.5, 0.6) is 0 Å². The zero-order valence-electron chi connectivity index (χ0n) is 16.5. The van der Waals surface area contributed by atoms with Crippen LogP contribution in [-0.4, -0.2) is 33.1 Å². The average molecular weight is 387 g/mol. The van der Waals surface area contributed by atoms with Gasteiger partial charge in [0.15, 0.2) is 0 Å². The molecule has 0 amide bonds. The maximum absolute atomic E-state index is 15.0. The van der Waals surface area contributed by atoms with Crippen LogP contribution in [0.4, 0.5) is 13.2 Å². The second-order valence-corrected chi connectivity index (χ2v) is 8.41. The third-order valence-corrected chi connectivity index (χ3v) is 5.44. The number of fused-ring (bicyclic) bond motifs is 3. The van der Waals surface area contributed by atoms with Gasteiger partial charge in [0, 0.05) is 35.4 Å². The molecule has 0 saturated heterocycles. The minimum Gasteiger partial charge on any atom is -0.341 e. The summed E-state index contributed by atoms with van der Waals surface area (Å²) in [6, 6.07) is 5.63. The number of hydrogen-bond acceptors (Lipinski definition) is 2. The molecule has 3 heterocycles. The molecule has 0 fully saturated rings. The van der Waals surface area contributed by atoms with Crippen molar-refractivity contribution < 1.29 is 13.2 Å². The second kappa shape index (κ2) is 6.62. The maximum Gasteiger partial charge on any atom is 0.137 e. The van der Waals surface area contributed by atoms with Crippen LogP contribution < -0.4 is 0 Å². The van der Waals surface area contributed by atoms with Crippen LogP contribution in [0.3, 0.4) is 0 Å². The highest BCUT2D eigenvalue weighted by Crippen LogP contribution is 2.42. The number of alkyl halides is 1. The van der Waals surface area contributed by atoms with Gasteiger partial charge in [0.25, 0.3) is 0 Å². The molecule has 6 heteroatoms. The molecule has 2 aromatic heterocycles. The van der Waals surface area contributed by atoms with Crippen molar-refractivity contribution in [2.24, 2.45) is 0 Å². The molecule has 0 bridgehead atoms. The van der Waals surface area contributed by atoms with Crippen molar-refractivity contribution >= 4 is 11.0 Å². The first-order valence-electron chi connectivity index (χ1n) is 9.51. The van der Waals surface area contributed by atoms with Crippen LogP contribution in [0.2, 0.25) is 0 Å². The second-order valence-electron chi connectivity index (χ2n) is 8.41. The predicted octanol–water partition coefficient (Wildman–Crippen LogP) is 5.23. The van der Waals surface area contributed by atoms with Crippen LogP contribution in [0, 0.1) is 18.6 Å². The number of rotatable bonds is 3. The lowest BCUT2D eigenvalue weighted by Crippen LogP contribution is -2.48. The quantitative estimate of drug-likeness (QED) is 0.667. The van der Waals surface area contributed by atoms with E-state index >= 15 is 0 Å². The largest absolute Gasteiger partial charge is 0.341 e. The van der Waals surface area contributed by atoms with E-state index in [1.54, 1.807) is 13.1 Å². The molecule has 4 rings (SSSR count). The van der Waals surface area contributed by atoms with Gasteiger partial charge >= 0.3 is 0 Å². The van der Waals surface area contributed by atoms with Gasteiger partial charge in [0.05, 0.1) is 6.04 Å². The summed E-state index contributed by atoms with van der Waals surface area (Å²) in [5, 5.41) is 0.946. The van der Waals surface area contributed by atoms with E-state index in [0.29, 0.717) is 23.3 Å². The summed E-state index contributed by atoms with van der Waals surface area (Å²) in [5.41, 5.74) is 1.32. The lowest BCUT2D eigenvalue weighted by Gasteiger charge is -2.43. The van der Waals surface area contributed by atoms with Crippen LogP contribution in [0.1, 0.15) is 49.2 Å². The van der Waals surface area contributed by atoms with Crippen molar-refractivity contribution in [1.29, 1.82) is 0 Å². The van der Waals surface area contributed by atoms with E-state index in [1.807, 2.05) is 24.0 Å². The minimum absolute atomic E-state index is 0.0470. The van der Waals surface area contributed by atoms with Crippen molar-refractivity contribution in [1.82, 2.24) is 14.9 Å². The number of nitrogens with one attached hydrogen (secondary N) is 1. The highest BCUT2D eigenvalue weighted by molar-refractivity contribution is 5.82. The molecule has 148 valence electrons. The maximum atomic E-state index is 15.0. The van der Waals surface area contributed by atoms with Crippen LogP contribution in [-0.2, 0) is 6.42 Å². The first-order valence-corrected chi connectivity index (χ1v) is 9.51. The summed E-state index contributed by atoms with van der Waals surface area (Å²) in [4.78, 5) is 9.48. The molecule has 1 aromatic carbocycles. The molecule has 0 radical (unpaired) electrons. The van der Waals surface area contributed by atoms with Crippen molar-refractivity contribution in [2.45, 2.75) is 51.9 Å². The van der Waals surface area contributed by atoms with Gasteiger partial charge in [-0.3, -0.25) is 4.90 Å². The molecule has 1 aliphatic heterocycles. The van der Waals surface area contributed by atoms with Gasteiger partial charge in [-0.25, -0.2) is 18.2 Å². The number of nitrogens with zero attached hydrogens (tertiary/aromatic N) is 2. The van der Waals surface area contributed by atoms with Crippen molar-refractivity contribution in [3.8, 4) is 0 Å². The van der Waals surface area contributed by atoms with Crippen molar-refractivity contribution in [2.75, 3.05) is 6.54 Å². The molecule has 0 saturated carbocycles. The molecule has 1 N–H and O–H groups in total. The summed E-state index contributed by atoms with van der Waals surface area (Å²) in [6.07, 6.45) is 2.33. The third kappa shape index (κ3) is 3.20. The molecule has 2 unspecified atom stereocenters. The van der Waals surface area contributed by atoms with E-state index in [1.165, 1.54) is 26.0 Å². The molecule has 1 aliphatic rings. The number of aromatic amines is 1. The van der Waals surface area contributed by atoms with Crippen LogP contribution in [0.25, 0.3) is 11.0 Å². The van der Waals surface area contributed by atoms with Gasteiger partial charge in [0.1, 0.15) is 23.0 Å². The Kier molecular flexibility index (Phi) is 4.49. The Hall–Kier alpha value is -2.34. The Labute approximate surface area is 162 Å². The number of H-pyrrole nitrogens is 1. The first kappa shape index (κ1) is 19.0. The Morgan fingerprint density at radius 1 is 1.25 bits per heavy atom. The average Bonchev–Trinajstić information content (AvgIpc) is 2.94. The Morgan fingerprint density at radius 2 is 1.93 bits per heavy atom. The number of benzene rings is 1. The van der Waals surface area contributed by atoms with E-state index in [2.05, 4.69) is 9.97 Å². The monoisotopic (exact) mass is 387 g/mol. The van der Waals surface area contributed by atoms with Gasteiger partial charge in [-0.15, -0.1) is 0 Å². The number of hydrogen-bond donors (Lipinski definition) is 1. The summed E-state index contributed by atoms with van der Waals surface area (Å²) < 4.78 is 44.6. The molecule has 2 atom stereocenters. The van der Waals surface area contributed by atoms with E-state index in [9.17, 15) is 13.2 Å². The van der Waals surface area contributed by atoms with Crippen LogP contribution >= 0.6 is 0 Å². The van der Waals surface area contributed by atoms with E-state index in [0.717, 1.165) is 10.9 Å². The normalized spacial score (nSPS) is 20.5. The summed E-state index contributed by atoms with van der Waals surface area (Å²) in [5.74, 6) is -1.23. The lowest BCUT2D eigenvalue weighted by molar-refractivity contribution is 0.0642. The molecular formula is C22H24F3N3. The minimum atomic E-state index is -1.51. The Balaban J connectivity index is 1.98. The SMILES string of the molecule is Cc1cc(F)c(C2c3[nH]c4ncccc4c3CC(C)N2CC(C)(C)F)c(F)c1. The number of halogens is 3. The molecule has 3 aromatic rings.